The summed E-state index contributed by atoms with van der Waals surface area (Å²) < 4.78 is 0. The highest BCUT2D eigenvalue weighted by atomic mass is 15.0. The molecule has 0 bridgehead atoms. The van der Waals surface area contributed by atoms with Gasteiger partial charge in [-0.25, -0.2) is 15.0 Å². The Kier molecular flexibility index (Phi) is 9.16. The summed E-state index contributed by atoms with van der Waals surface area (Å²) >= 11 is 0. The zero-order valence-electron chi connectivity index (χ0n) is 34.9. The van der Waals surface area contributed by atoms with Crippen molar-refractivity contribution < 1.29 is 0 Å². The molecule has 12 rings (SSSR count). The van der Waals surface area contributed by atoms with Crippen molar-refractivity contribution in [1.29, 1.82) is 0 Å². The van der Waals surface area contributed by atoms with E-state index in [0.717, 1.165) is 44.5 Å². The molecule has 1 aromatic heterocycles. The lowest BCUT2D eigenvalue weighted by Gasteiger charge is -2.17. The molecule has 0 N–H and O–H groups in total. The first-order valence-electron chi connectivity index (χ1n) is 21.8. The molecule has 0 saturated carbocycles. The Bertz CT molecular complexity index is 3710. The van der Waals surface area contributed by atoms with Gasteiger partial charge in [-0.3, -0.25) is 0 Å². The molecule has 0 saturated heterocycles. The Balaban J connectivity index is 1.03. The number of fused-ring (bicyclic) bond motifs is 5. The molecule has 1 heterocycles. The fourth-order valence-corrected chi connectivity index (χ4v) is 9.38. The standard InChI is InChI=1S/C61H39N3/c1-2-17-45(18-3-1)59-62-60(48-22-10-21-46(38-48)40-30-32-44(33-31-40)51-26-11-19-41-14-4-7-23-49(41)51)64-61(63-59)57-37-35-47(53-27-12-20-42-15-5-8-24-50(42)53)39-58(57)55-29-13-28-54-52-25-9-6-16-43(52)34-36-56(54)55/h1-39H. The second-order valence-corrected chi connectivity index (χ2v) is 16.3. The maximum Gasteiger partial charge on any atom is 0.164 e. The molecule has 0 radical (unpaired) electrons. The predicted octanol–water partition coefficient (Wildman–Crippen LogP) is 16.2. The van der Waals surface area contributed by atoms with E-state index < -0.39 is 0 Å². The highest BCUT2D eigenvalue weighted by Gasteiger charge is 2.19. The second-order valence-electron chi connectivity index (χ2n) is 16.3. The summed E-state index contributed by atoms with van der Waals surface area (Å²) in [6, 6.07) is 84.3. The van der Waals surface area contributed by atoms with Crippen LogP contribution in [0.3, 0.4) is 0 Å². The number of benzene rings is 11. The van der Waals surface area contributed by atoms with Crippen LogP contribution in [0, 0.1) is 0 Å². The molecule has 0 aliphatic heterocycles. The predicted molar refractivity (Wildman–Crippen MR) is 268 cm³/mol. The molecule has 0 amide bonds. The highest BCUT2D eigenvalue weighted by molar-refractivity contribution is 6.13. The smallest absolute Gasteiger partial charge is 0.164 e. The molecule has 0 aliphatic rings. The average molecular weight is 814 g/mol. The number of rotatable bonds is 7. The van der Waals surface area contributed by atoms with Crippen molar-refractivity contribution in [2.45, 2.75) is 0 Å². The van der Waals surface area contributed by atoms with Gasteiger partial charge in [0.15, 0.2) is 17.5 Å². The molecular weight excluding hydrogens is 775 g/mol. The zero-order valence-corrected chi connectivity index (χ0v) is 34.9. The van der Waals surface area contributed by atoms with Gasteiger partial charge in [-0.15, -0.1) is 0 Å². The molecule has 0 atom stereocenters. The first-order chi connectivity index (χ1) is 31.7. The van der Waals surface area contributed by atoms with Crippen LogP contribution in [0.15, 0.2) is 237 Å². The number of aromatic nitrogens is 3. The topological polar surface area (TPSA) is 38.7 Å². The zero-order chi connectivity index (χ0) is 42.4. The van der Waals surface area contributed by atoms with Crippen LogP contribution in [0.2, 0.25) is 0 Å². The number of hydrogen-bond acceptors (Lipinski definition) is 3. The average Bonchev–Trinajstić information content (AvgIpc) is 3.38. The van der Waals surface area contributed by atoms with Crippen LogP contribution in [-0.2, 0) is 0 Å². The van der Waals surface area contributed by atoms with Crippen molar-refractivity contribution >= 4 is 43.1 Å². The van der Waals surface area contributed by atoms with E-state index in [2.05, 4.69) is 218 Å². The molecule has 0 fully saturated rings. The molecule has 11 aromatic carbocycles. The molecule has 0 unspecified atom stereocenters. The lowest BCUT2D eigenvalue weighted by Crippen LogP contribution is -2.01. The first-order valence-corrected chi connectivity index (χ1v) is 21.8. The first kappa shape index (κ1) is 37.2. The van der Waals surface area contributed by atoms with Gasteiger partial charge in [0, 0.05) is 16.7 Å². The summed E-state index contributed by atoms with van der Waals surface area (Å²) in [5.74, 6) is 1.86. The Labute approximate surface area is 371 Å². The molecule has 0 spiro atoms. The fraction of sp³-hybridized carbons (Fsp3) is 0. The van der Waals surface area contributed by atoms with E-state index >= 15 is 0 Å². The van der Waals surface area contributed by atoms with Crippen LogP contribution in [-0.4, -0.2) is 15.0 Å². The quantitative estimate of drug-likeness (QED) is 0.150. The van der Waals surface area contributed by atoms with E-state index in [9.17, 15) is 0 Å². The van der Waals surface area contributed by atoms with Crippen LogP contribution in [0.25, 0.3) is 122 Å². The van der Waals surface area contributed by atoms with E-state index in [4.69, 9.17) is 15.0 Å². The van der Waals surface area contributed by atoms with E-state index in [1.165, 1.54) is 59.8 Å². The van der Waals surface area contributed by atoms with Gasteiger partial charge in [-0.2, -0.15) is 0 Å². The molecule has 298 valence electrons. The minimum absolute atomic E-state index is 0.617. The van der Waals surface area contributed by atoms with Crippen LogP contribution in [0.1, 0.15) is 0 Å². The Morgan fingerprint density at radius 2 is 0.672 bits per heavy atom. The fourth-order valence-electron chi connectivity index (χ4n) is 9.38. The van der Waals surface area contributed by atoms with Gasteiger partial charge in [0.25, 0.3) is 0 Å². The summed E-state index contributed by atoms with van der Waals surface area (Å²) in [6.45, 7) is 0. The van der Waals surface area contributed by atoms with Gasteiger partial charge in [-0.1, -0.05) is 218 Å². The minimum atomic E-state index is 0.617. The van der Waals surface area contributed by atoms with Gasteiger partial charge in [0.2, 0.25) is 0 Å². The van der Waals surface area contributed by atoms with E-state index in [1.54, 1.807) is 0 Å². The summed E-state index contributed by atoms with van der Waals surface area (Å²) in [7, 11) is 0. The molecule has 12 aromatic rings. The number of nitrogens with zero attached hydrogens (tertiary/aromatic N) is 3. The largest absolute Gasteiger partial charge is 0.208 e. The maximum atomic E-state index is 5.36. The summed E-state index contributed by atoms with van der Waals surface area (Å²) in [5, 5.41) is 9.74. The number of hydrogen-bond donors (Lipinski definition) is 0. The summed E-state index contributed by atoms with van der Waals surface area (Å²) in [6.07, 6.45) is 0. The SMILES string of the molecule is c1ccc(-c2nc(-c3cccc(-c4ccc(-c5cccc6ccccc56)cc4)c3)nc(-c3ccc(-c4cccc5ccccc45)cc3-c3cccc4c3ccc3ccccc34)n2)cc1. The Hall–Kier alpha value is -8.53. The van der Waals surface area contributed by atoms with Crippen molar-refractivity contribution in [3.63, 3.8) is 0 Å². The third-order valence-corrected chi connectivity index (χ3v) is 12.5. The minimum Gasteiger partial charge on any atom is -0.208 e. The van der Waals surface area contributed by atoms with Crippen LogP contribution in [0.5, 0.6) is 0 Å². The third kappa shape index (κ3) is 6.68. The molecule has 3 heteroatoms. The van der Waals surface area contributed by atoms with Crippen molar-refractivity contribution in [3.8, 4) is 78.7 Å². The van der Waals surface area contributed by atoms with Gasteiger partial charge < -0.3 is 0 Å². The van der Waals surface area contributed by atoms with Gasteiger partial charge in [-0.05, 0) is 106 Å². The Morgan fingerprint density at radius 3 is 1.41 bits per heavy atom. The Morgan fingerprint density at radius 1 is 0.188 bits per heavy atom. The third-order valence-electron chi connectivity index (χ3n) is 12.5. The van der Waals surface area contributed by atoms with E-state index in [1.807, 2.05) is 18.2 Å². The molecule has 0 aliphatic carbocycles. The van der Waals surface area contributed by atoms with Crippen molar-refractivity contribution in [2.24, 2.45) is 0 Å². The maximum absolute atomic E-state index is 5.36. The lowest BCUT2D eigenvalue weighted by atomic mass is 9.89. The highest BCUT2D eigenvalue weighted by Crippen LogP contribution is 2.42. The van der Waals surface area contributed by atoms with Gasteiger partial charge >= 0.3 is 0 Å². The van der Waals surface area contributed by atoms with Crippen LogP contribution in [0.4, 0.5) is 0 Å². The second kappa shape index (κ2) is 15.7. The monoisotopic (exact) mass is 813 g/mol. The van der Waals surface area contributed by atoms with Gasteiger partial charge in [0.1, 0.15) is 0 Å². The molecule has 3 nitrogen and oxygen atoms in total. The van der Waals surface area contributed by atoms with Crippen molar-refractivity contribution in [1.82, 2.24) is 15.0 Å². The van der Waals surface area contributed by atoms with Crippen molar-refractivity contribution in [3.05, 3.63) is 237 Å². The van der Waals surface area contributed by atoms with E-state index in [0.29, 0.717) is 17.5 Å². The normalized spacial score (nSPS) is 11.4. The van der Waals surface area contributed by atoms with Crippen LogP contribution < -0.4 is 0 Å². The lowest BCUT2D eigenvalue weighted by molar-refractivity contribution is 1.07. The van der Waals surface area contributed by atoms with Crippen LogP contribution >= 0.6 is 0 Å². The summed E-state index contributed by atoms with van der Waals surface area (Å²) in [5.41, 5.74) is 11.9. The molecule has 64 heavy (non-hydrogen) atoms. The van der Waals surface area contributed by atoms with Gasteiger partial charge in [0.05, 0.1) is 0 Å². The van der Waals surface area contributed by atoms with E-state index in [-0.39, 0.29) is 0 Å². The summed E-state index contributed by atoms with van der Waals surface area (Å²) in [4.78, 5) is 15.8. The van der Waals surface area contributed by atoms with Crippen molar-refractivity contribution in [2.75, 3.05) is 0 Å². The molecular formula is C61H39N3.